The number of hydrogen-bond acceptors (Lipinski definition) is 17. The van der Waals surface area contributed by atoms with Crippen molar-refractivity contribution in [3.8, 4) is 12.1 Å². The van der Waals surface area contributed by atoms with Gasteiger partial charge in [0.25, 0.3) is 0 Å². The van der Waals surface area contributed by atoms with Gasteiger partial charge < -0.3 is 4.74 Å². The zero-order valence-corrected chi connectivity index (χ0v) is 56.9. The maximum Gasteiger partial charge on any atom is 0.316 e. The zero-order chi connectivity index (χ0) is 66.7. The molecule has 0 aliphatic heterocycles. The first-order valence-corrected chi connectivity index (χ1v) is 28.7. The lowest BCUT2D eigenvalue weighted by Crippen LogP contribution is -2.14. The number of methoxy groups -OCH3 is 1. The van der Waals surface area contributed by atoms with Crippen LogP contribution in [0, 0.1) is 30.3 Å². The predicted octanol–water partition coefficient (Wildman–Crippen LogP) is 15.3. The smallest absolute Gasteiger partial charge is 0.316 e. The normalized spacial score (nSPS) is 11.4. The van der Waals surface area contributed by atoms with E-state index in [0.717, 1.165) is 33.9 Å². The minimum atomic E-state index is -0.669. The van der Waals surface area contributed by atoms with Gasteiger partial charge in [0.15, 0.2) is 0 Å². The summed E-state index contributed by atoms with van der Waals surface area (Å²) in [6, 6.07) is 9.28. The summed E-state index contributed by atoms with van der Waals surface area (Å²) in [6.45, 7) is 52.5. The number of aromatic nitrogens is 15. The lowest BCUT2D eigenvalue weighted by molar-refractivity contribution is 0.378. The van der Waals surface area contributed by atoms with Crippen molar-refractivity contribution < 1.29 is 13.5 Å². The third-order valence-electron chi connectivity index (χ3n) is 12.1. The molecule has 8 aromatic heterocycles. The minimum absolute atomic E-state index is 0.00625. The highest BCUT2D eigenvalue weighted by atomic mass is 19.1. The van der Waals surface area contributed by atoms with E-state index in [-0.39, 0.29) is 49.1 Å². The fraction of sp³-hybridized carbons (Fsp3) is 0.500. The average Bonchev–Trinajstić information content (AvgIpc) is 3.61. The van der Waals surface area contributed by atoms with E-state index in [1.165, 1.54) is 35.2 Å². The van der Waals surface area contributed by atoms with Gasteiger partial charge in [-0.15, -0.1) is 0 Å². The molecule has 0 spiro atoms. The summed E-state index contributed by atoms with van der Waals surface area (Å²) < 4.78 is 29.5. The van der Waals surface area contributed by atoms with Gasteiger partial charge >= 0.3 is 12.1 Å². The fourth-order valence-electron chi connectivity index (χ4n) is 5.99. The fourth-order valence-corrected chi connectivity index (χ4v) is 5.99. The monoisotopic (exact) mass is 1190 g/mol. The quantitative estimate of drug-likeness (QED) is 0.110. The van der Waals surface area contributed by atoms with Crippen molar-refractivity contribution in [2.24, 2.45) is 0 Å². The Morgan fingerprint density at radius 1 is 0.368 bits per heavy atom. The molecule has 17 nitrogen and oxygen atoms in total. The molecule has 0 bridgehead atoms. The Morgan fingerprint density at radius 2 is 0.724 bits per heavy atom. The third kappa shape index (κ3) is 32.3. The third-order valence-corrected chi connectivity index (χ3v) is 12.1. The molecular formula is C68H98F2N16O. The highest BCUT2D eigenvalue weighted by Gasteiger charge is 2.19. The van der Waals surface area contributed by atoms with Gasteiger partial charge in [0.1, 0.15) is 24.0 Å². The van der Waals surface area contributed by atoms with E-state index >= 15 is 0 Å². The van der Waals surface area contributed by atoms with Crippen LogP contribution in [0.1, 0.15) is 223 Å². The molecule has 0 saturated heterocycles. The number of rotatable bonds is 1. The number of hydrogen-bond donors (Lipinski definition) is 0. The molecule has 0 saturated carbocycles. The average molecular weight is 1190 g/mol. The first kappa shape index (κ1) is 76.9. The Morgan fingerprint density at radius 3 is 1.02 bits per heavy atom. The molecule has 0 unspecified atom stereocenters. The predicted molar refractivity (Wildman–Crippen MR) is 344 cm³/mol. The van der Waals surface area contributed by atoms with Crippen LogP contribution in [0.2, 0.25) is 0 Å². The van der Waals surface area contributed by atoms with E-state index in [1.54, 1.807) is 75.3 Å². The Kier molecular flexibility index (Phi) is 30.3. The molecule has 0 amide bonds. The lowest BCUT2D eigenvalue weighted by atomic mass is 9.88. The van der Waals surface area contributed by atoms with Gasteiger partial charge in [-0.1, -0.05) is 172 Å². The summed E-state index contributed by atoms with van der Waals surface area (Å²) in [5.41, 5.74) is 8.53. The van der Waals surface area contributed by atoms with Crippen LogP contribution in [-0.4, -0.2) is 82.1 Å². The number of nitriles is 1. The van der Waals surface area contributed by atoms with Crippen LogP contribution >= 0.6 is 0 Å². The van der Waals surface area contributed by atoms with E-state index in [9.17, 15) is 8.78 Å². The molecule has 19 heteroatoms. The molecule has 470 valence electrons. The van der Waals surface area contributed by atoms with E-state index in [4.69, 9.17) is 10.00 Å². The van der Waals surface area contributed by atoms with Crippen LogP contribution in [0.5, 0.6) is 6.01 Å². The Labute approximate surface area is 519 Å². The van der Waals surface area contributed by atoms with Crippen molar-refractivity contribution in [1.29, 1.82) is 5.26 Å². The van der Waals surface area contributed by atoms with Crippen molar-refractivity contribution in [3.05, 3.63) is 192 Å². The highest BCUT2D eigenvalue weighted by molar-refractivity contribution is 5.21. The Balaban J connectivity index is 0.000000498. The van der Waals surface area contributed by atoms with Gasteiger partial charge in [0.2, 0.25) is 11.8 Å². The number of pyridine rings is 1. The molecule has 0 aromatic carbocycles. The van der Waals surface area contributed by atoms with Gasteiger partial charge in [-0.25, -0.2) is 64.8 Å². The van der Waals surface area contributed by atoms with Gasteiger partial charge in [0, 0.05) is 92.2 Å². The summed E-state index contributed by atoms with van der Waals surface area (Å²) >= 11 is 0. The second-order valence-electron chi connectivity index (χ2n) is 28.3. The number of nitrogens with zero attached hydrogens (tertiary/aromatic N) is 16. The van der Waals surface area contributed by atoms with Crippen molar-refractivity contribution in [3.63, 3.8) is 0 Å². The van der Waals surface area contributed by atoms with Gasteiger partial charge in [-0.3, -0.25) is 0 Å². The van der Waals surface area contributed by atoms with Crippen LogP contribution in [0.4, 0.5) is 8.78 Å². The van der Waals surface area contributed by atoms with Crippen molar-refractivity contribution in [2.75, 3.05) is 7.11 Å². The molecular weight excluding hydrogens is 1090 g/mol. The molecule has 8 rings (SSSR count). The Hall–Kier alpha value is -8.14. The van der Waals surface area contributed by atoms with E-state index in [0.29, 0.717) is 6.01 Å². The summed E-state index contributed by atoms with van der Waals surface area (Å²) in [5, 5.41) is 16.0. The van der Waals surface area contributed by atoms with E-state index in [1.807, 2.05) is 70.7 Å². The van der Waals surface area contributed by atoms with Crippen molar-refractivity contribution in [2.45, 2.75) is 216 Å². The topological polar surface area (TPSA) is 226 Å². The van der Waals surface area contributed by atoms with Crippen LogP contribution in [0.3, 0.4) is 0 Å². The molecule has 0 aliphatic rings. The molecule has 0 N–H and O–H groups in total. The molecule has 0 aliphatic carbocycles. The minimum Gasteiger partial charge on any atom is -0.467 e. The van der Waals surface area contributed by atoms with Crippen molar-refractivity contribution >= 4 is 0 Å². The number of aryl methyl sites for hydroxylation is 1. The van der Waals surface area contributed by atoms with Crippen LogP contribution in [-0.2, 0) is 43.3 Å². The zero-order valence-electron chi connectivity index (χ0n) is 56.9. The molecule has 87 heavy (non-hydrogen) atoms. The van der Waals surface area contributed by atoms with E-state index < -0.39 is 12.0 Å². The van der Waals surface area contributed by atoms with Crippen LogP contribution in [0.25, 0.3) is 0 Å². The van der Waals surface area contributed by atoms with Crippen molar-refractivity contribution in [1.82, 2.24) is 75.0 Å². The first-order valence-electron chi connectivity index (χ1n) is 28.7. The molecule has 0 atom stereocenters. The second-order valence-corrected chi connectivity index (χ2v) is 28.3. The standard InChI is InChI=1S/C9H12FN.C9H11N3.C9H14N2O.C9H14N2.C8H11FN2.3C8H12N2/c1-9(2,3)7-4-5-8(10)11-6-7;1-9(2,3)7-5-11-8(4-10)12-6-7;1-9(2,3)7-5-10-8(12-4)11-6-7;1-7-10-5-8(6-11-7)9(2,3)4;1-8(2,3)6-4-10-7(9)11-5-6;1-8(2,3)7-4-9-6-10-5-7;1-8(2,3)7-4-5-9-10-6-7;1-8(2,3)7-9-5-4-6-10-7/h4-6H,1-3H3;5-6H,1-3H3;5-6H,1-4H3;5-6H,1-4H3;4-5H,1-3H3;3*4-6H,1-3H3. The summed E-state index contributed by atoms with van der Waals surface area (Å²) in [4.78, 5) is 50.8. The van der Waals surface area contributed by atoms with Gasteiger partial charge in [-0.2, -0.15) is 24.2 Å². The molecule has 0 fully saturated rings. The second kappa shape index (κ2) is 34.3. The van der Waals surface area contributed by atoms with Gasteiger partial charge in [0.05, 0.1) is 13.3 Å². The molecule has 8 heterocycles. The van der Waals surface area contributed by atoms with Crippen LogP contribution < -0.4 is 4.74 Å². The maximum atomic E-state index is 12.4. The SMILES string of the molecule is CC(C)(C)c1ccc(F)nc1.CC(C)(C)c1ccnnc1.CC(C)(C)c1cnc(C#N)nc1.CC(C)(C)c1cnc(F)nc1.CC(C)(C)c1cncnc1.CC(C)(C)c1ncccn1.COc1ncc(C(C)(C)C)cn1.Cc1ncc(C(C)(C)C)cn1. The Bertz CT molecular complexity index is 2920. The lowest BCUT2D eigenvalue weighted by Gasteiger charge is -2.17. The largest absolute Gasteiger partial charge is 0.467 e. The highest BCUT2D eigenvalue weighted by Crippen LogP contribution is 2.25. The summed E-state index contributed by atoms with van der Waals surface area (Å²) in [6.07, 6.45) is 27.1. The summed E-state index contributed by atoms with van der Waals surface area (Å²) in [7, 11) is 1.56. The first-order chi connectivity index (χ1) is 39.9. The number of ether oxygens (including phenoxy) is 1. The molecule has 8 aromatic rings. The van der Waals surface area contributed by atoms with Crippen LogP contribution in [0.15, 0.2) is 124 Å². The number of halogens is 2. The van der Waals surface area contributed by atoms with E-state index in [2.05, 4.69) is 220 Å². The maximum absolute atomic E-state index is 12.4. The molecule has 0 radical (unpaired) electrons. The summed E-state index contributed by atoms with van der Waals surface area (Å²) in [5.74, 6) is 1.54. The van der Waals surface area contributed by atoms with Gasteiger partial charge in [-0.05, 0) is 102 Å².